The van der Waals surface area contributed by atoms with Crippen molar-refractivity contribution in [1.82, 2.24) is 10.2 Å². The second-order valence-electron chi connectivity index (χ2n) is 5.09. The standard InChI is InChI=1S/C15H19ClN2O2/c1-11(15(20)18-8-3-2-4-9-18)17-14(19)12-6-5-7-13(16)10-12/h5-7,10-11H,2-4,8-9H2,1H3,(H,17,19)/t11-/m1/s1. The molecule has 0 aliphatic carbocycles. The van der Waals surface area contributed by atoms with Crippen LogP contribution in [-0.4, -0.2) is 35.8 Å². The van der Waals surface area contributed by atoms with E-state index in [2.05, 4.69) is 5.32 Å². The Morgan fingerprint density at radius 1 is 1.25 bits per heavy atom. The van der Waals surface area contributed by atoms with Crippen molar-refractivity contribution in [2.24, 2.45) is 0 Å². The van der Waals surface area contributed by atoms with Gasteiger partial charge in [0.05, 0.1) is 0 Å². The minimum absolute atomic E-state index is 0.0138. The molecule has 20 heavy (non-hydrogen) atoms. The minimum atomic E-state index is -0.514. The molecule has 2 rings (SSSR count). The van der Waals surface area contributed by atoms with Crippen LogP contribution in [0.4, 0.5) is 0 Å². The highest BCUT2D eigenvalue weighted by Gasteiger charge is 2.23. The van der Waals surface area contributed by atoms with Crippen molar-refractivity contribution in [3.63, 3.8) is 0 Å². The van der Waals surface area contributed by atoms with E-state index < -0.39 is 6.04 Å². The van der Waals surface area contributed by atoms with Gasteiger partial charge in [0.15, 0.2) is 0 Å². The van der Waals surface area contributed by atoms with Crippen molar-refractivity contribution in [2.75, 3.05) is 13.1 Å². The Morgan fingerprint density at radius 3 is 2.60 bits per heavy atom. The zero-order valence-corrected chi connectivity index (χ0v) is 12.3. The number of carbonyl (C=O) groups excluding carboxylic acids is 2. The van der Waals surface area contributed by atoms with Gasteiger partial charge in [-0.3, -0.25) is 9.59 Å². The predicted octanol–water partition coefficient (Wildman–Crippen LogP) is 2.47. The SMILES string of the molecule is C[C@@H](NC(=O)c1cccc(Cl)c1)C(=O)N1CCCCC1. The molecule has 2 amide bonds. The molecule has 0 saturated carbocycles. The maximum atomic E-state index is 12.2. The van der Waals surface area contributed by atoms with Crippen molar-refractivity contribution < 1.29 is 9.59 Å². The number of hydrogen-bond acceptors (Lipinski definition) is 2. The molecular weight excluding hydrogens is 276 g/mol. The van der Waals surface area contributed by atoms with Crippen LogP contribution >= 0.6 is 11.6 Å². The van der Waals surface area contributed by atoms with Crippen LogP contribution in [0.5, 0.6) is 0 Å². The normalized spacial score (nSPS) is 16.6. The molecule has 108 valence electrons. The van der Waals surface area contributed by atoms with Crippen molar-refractivity contribution in [2.45, 2.75) is 32.2 Å². The van der Waals surface area contributed by atoms with Gasteiger partial charge in [-0.25, -0.2) is 0 Å². The topological polar surface area (TPSA) is 49.4 Å². The third kappa shape index (κ3) is 3.73. The summed E-state index contributed by atoms with van der Waals surface area (Å²) in [6.07, 6.45) is 3.26. The fraction of sp³-hybridized carbons (Fsp3) is 0.467. The van der Waals surface area contributed by atoms with Crippen LogP contribution < -0.4 is 5.32 Å². The minimum Gasteiger partial charge on any atom is -0.341 e. The van der Waals surface area contributed by atoms with Gasteiger partial charge in [-0.1, -0.05) is 17.7 Å². The van der Waals surface area contributed by atoms with Gasteiger partial charge < -0.3 is 10.2 Å². The highest BCUT2D eigenvalue weighted by molar-refractivity contribution is 6.31. The summed E-state index contributed by atoms with van der Waals surface area (Å²) in [5.74, 6) is -0.287. The van der Waals surface area contributed by atoms with Gasteiger partial charge in [-0.15, -0.1) is 0 Å². The van der Waals surface area contributed by atoms with Gasteiger partial charge >= 0.3 is 0 Å². The van der Waals surface area contributed by atoms with Crippen LogP contribution in [0.1, 0.15) is 36.5 Å². The number of rotatable bonds is 3. The first-order valence-corrected chi connectivity index (χ1v) is 7.31. The van der Waals surface area contributed by atoms with Crippen molar-refractivity contribution in [1.29, 1.82) is 0 Å². The lowest BCUT2D eigenvalue weighted by molar-refractivity contribution is -0.133. The Bertz CT molecular complexity index is 498. The van der Waals surface area contributed by atoms with E-state index >= 15 is 0 Å². The number of piperidine rings is 1. The van der Waals surface area contributed by atoms with Crippen LogP contribution in [0, 0.1) is 0 Å². The van der Waals surface area contributed by atoms with Gasteiger partial charge in [0, 0.05) is 23.7 Å². The molecule has 1 N–H and O–H groups in total. The maximum absolute atomic E-state index is 12.2. The molecule has 0 aromatic heterocycles. The van der Waals surface area contributed by atoms with Crippen LogP contribution in [-0.2, 0) is 4.79 Å². The van der Waals surface area contributed by atoms with Crippen molar-refractivity contribution >= 4 is 23.4 Å². The quantitative estimate of drug-likeness (QED) is 0.931. The summed E-state index contributed by atoms with van der Waals surface area (Å²) in [4.78, 5) is 26.1. The molecule has 5 heteroatoms. The van der Waals surface area contributed by atoms with E-state index in [-0.39, 0.29) is 11.8 Å². The Labute approximate surface area is 124 Å². The van der Waals surface area contributed by atoms with Crippen LogP contribution in [0.15, 0.2) is 24.3 Å². The zero-order valence-electron chi connectivity index (χ0n) is 11.6. The molecule has 1 aliphatic heterocycles. The molecule has 0 spiro atoms. The summed E-state index contributed by atoms with van der Waals surface area (Å²) in [6, 6.07) is 6.18. The third-order valence-corrected chi connectivity index (χ3v) is 3.71. The predicted molar refractivity (Wildman–Crippen MR) is 78.8 cm³/mol. The van der Waals surface area contributed by atoms with Gasteiger partial charge in [0.1, 0.15) is 6.04 Å². The van der Waals surface area contributed by atoms with E-state index in [0.717, 1.165) is 25.9 Å². The second-order valence-corrected chi connectivity index (χ2v) is 5.53. The first-order valence-electron chi connectivity index (χ1n) is 6.93. The smallest absolute Gasteiger partial charge is 0.251 e. The Hall–Kier alpha value is -1.55. The number of amides is 2. The Kier molecular flexibility index (Phi) is 5.01. The number of nitrogens with zero attached hydrogens (tertiary/aromatic N) is 1. The zero-order chi connectivity index (χ0) is 14.5. The van der Waals surface area contributed by atoms with Gasteiger partial charge in [-0.2, -0.15) is 0 Å². The molecule has 0 bridgehead atoms. The van der Waals surface area contributed by atoms with E-state index in [1.54, 1.807) is 31.2 Å². The van der Waals surface area contributed by atoms with Crippen LogP contribution in [0.3, 0.4) is 0 Å². The van der Waals surface area contributed by atoms with Gasteiger partial charge in [0.25, 0.3) is 5.91 Å². The number of hydrogen-bond donors (Lipinski definition) is 1. The van der Waals surface area contributed by atoms with E-state index in [1.165, 1.54) is 6.42 Å². The monoisotopic (exact) mass is 294 g/mol. The number of benzene rings is 1. The van der Waals surface area contributed by atoms with E-state index in [9.17, 15) is 9.59 Å². The lowest BCUT2D eigenvalue weighted by Crippen LogP contribution is -2.48. The highest BCUT2D eigenvalue weighted by atomic mass is 35.5. The molecule has 1 atom stereocenters. The summed E-state index contributed by atoms with van der Waals surface area (Å²) in [5.41, 5.74) is 0.468. The lowest BCUT2D eigenvalue weighted by Gasteiger charge is -2.29. The largest absolute Gasteiger partial charge is 0.341 e. The molecule has 0 unspecified atom stereocenters. The molecule has 4 nitrogen and oxygen atoms in total. The van der Waals surface area contributed by atoms with E-state index in [0.29, 0.717) is 10.6 Å². The van der Waals surface area contributed by atoms with Crippen LogP contribution in [0.2, 0.25) is 5.02 Å². The Balaban J connectivity index is 1.94. The summed E-state index contributed by atoms with van der Waals surface area (Å²) in [5, 5.41) is 3.24. The summed E-state index contributed by atoms with van der Waals surface area (Å²) < 4.78 is 0. The fourth-order valence-corrected chi connectivity index (χ4v) is 2.55. The summed E-state index contributed by atoms with van der Waals surface area (Å²) in [7, 11) is 0. The maximum Gasteiger partial charge on any atom is 0.251 e. The molecule has 1 aromatic carbocycles. The average molecular weight is 295 g/mol. The molecule has 1 heterocycles. The molecular formula is C15H19ClN2O2. The molecule has 1 aromatic rings. The molecule has 1 aliphatic rings. The van der Waals surface area contributed by atoms with E-state index in [1.807, 2.05) is 4.90 Å². The van der Waals surface area contributed by atoms with E-state index in [4.69, 9.17) is 11.6 Å². The van der Waals surface area contributed by atoms with Crippen LogP contribution in [0.25, 0.3) is 0 Å². The molecule has 1 saturated heterocycles. The third-order valence-electron chi connectivity index (χ3n) is 3.47. The Morgan fingerprint density at radius 2 is 1.95 bits per heavy atom. The van der Waals surface area contributed by atoms with Gasteiger partial charge in [-0.05, 0) is 44.4 Å². The number of carbonyl (C=O) groups is 2. The number of nitrogens with one attached hydrogen (secondary N) is 1. The lowest BCUT2D eigenvalue weighted by atomic mass is 10.1. The second kappa shape index (κ2) is 6.75. The fourth-order valence-electron chi connectivity index (χ4n) is 2.36. The first kappa shape index (κ1) is 14.9. The number of halogens is 1. The van der Waals surface area contributed by atoms with Gasteiger partial charge in [0.2, 0.25) is 5.91 Å². The highest BCUT2D eigenvalue weighted by Crippen LogP contribution is 2.12. The summed E-state index contributed by atoms with van der Waals surface area (Å²) >= 11 is 5.85. The van der Waals surface area contributed by atoms with Crippen molar-refractivity contribution in [3.8, 4) is 0 Å². The number of likely N-dealkylation sites (tertiary alicyclic amines) is 1. The van der Waals surface area contributed by atoms with Crippen molar-refractivity contribution in [3.05, 3.63) is 34.9 Å². The first-order chi connectivity index (χ1) is 9.58. The summed E-state index contributed by atoms with van der Waals surface area (Å²) in [6.45, 7) is 3.30. The average Bonchev–Trinajstić information content (AvgIpc) is 2.47. The molecule has 0 radical (unpaired) electrons. The molecule has 1 fully saturated rings.